The first-order chi connectivity index (χ1) is 22.2. The molecule has 5 rings (SSSR count). The molecule has 47 heavy (non-hydrogen) atoms. The van der Waals surface area contributed by atoms with Crippen molar-refractivity contribution in [3.05, 3.63) is 108 Å². The van der Waals surface area contributed by atoms with Crippen LogP contribution in [0, 0.1) is 11.8 Å². The van der Waals surface area contributed by atoms with E-state index in [0.717, 1.165) is 11.1 Å². The molecule has 1 saturated heterocycles. The van der Waals surface area contributed by atoms with Crippen LogP contribution in [0.3, 0.4) is 0 Å². The molecule has 2 fully saturated rings. The fourth-order valence-corrected chi connectivity index (χ4v) is 6.88. The first-order valence-electron chi connectivity index (χ1n) is 15.2. The topological polar surface area (TPSA) is 131 Å². The molecule has 3 amide bonds. The number of amides is 3. The van der Waals surface area contributed by atoms with Crippen LogP contribution in [0.15, 0.2) is 96.4 Å². The molecule has 0 radical (unpaired) electrons. The Hall–Kier alpha value is -4.35. The molecule has 2 N–H and O–H groups in total. The highest BCUT2D eigenvalue weighted by atomic mass is 35.5. The number of rotatable bonds is 10. The van der Waals surface area contributed by atoms with E-state index in [9.17, 15) is 22.8 Å². The maximum Gasteiger partial charge on any atom is 0.410 e. The number of nitrogens with zero attached hydrogens (tertiary/aromatic N) is 1. The van der Waals surface area contributed by atoms with E-state index in [-0.39, 0.29) is 31.0 Å². The molecule has 1 heterocycles. The monoisotopic (exact) mass is 679 g/mol. The fraction of sp³-hybridized carbons (Fsp3) is 0.343. The van der Waals surface area contributed by atoms with Crippen molar-refractivity contribution in [1.82, 2.24) is 14.9 Å². The van der Waals surface area contributed by atoms with Crippen LogP contribution < -0.4 is 14.8 Å². The fourth-order valence-electron chi connectivity index (χ4n) is 5.68. The Bertz CT molecular complexity index is 1760. The Morgan fingerprint density at radius 1 is 1.02 bits per heavy atom. The summed E-state index contributed by atoms with van der Waals surface area (Å²) in [6.45, 7) is 9.53. The van der Waals surface area contributed by atoms with Crippen molar-refractivity contribution in [3.63, 3.8) is 0 Å². The lowest BCUT2D eigenvalue weighted by Crippen LogP contribution is -2.53. The van der Waals surface area contributed by atoms with Gasteiger partial charge >= 0.3 is 6.09 Å². The van der Waals surface area contributed by atoms with Gasteiger partial charge < -0.3 is 19.7 Å². The Morgan fingerprint density at radius 3 is 2.36 bits per heavy atom. The Morgan fingerprint density at radius 2 is 1.72 bits per heavy atom. The molecule has 1 aliphatic heterocycles. The molecule has 10 nitrogen and oxygen atoms in total. The lowest BCUT2D eigenvalue weighted by atomic mass is 9.88. The number of benzene rings is 3. The third-order valence-electron chi connectivity index (χ3n) is 8.25. The summed E-state index contributed by atoms with van der Waals surface area (Å²) in [6, 6.07) is 22.2. The number of nitrogens with one attached hydrogen (secondary N) is 2. The third-order valence-corrected chi connectivity index (χ3v) is 9.83. The number of sulfonamides is 1. The average Bonchev–Trinajstić information content (AvgIpc) is 3.56. The summed E-state index contributed by atoms with van der Waals surface area (Å²) in [5.74, 6) is -2.75. The predicted molar refractivity (Wildman–Crippen MR) is 177 cm³/mol. The molecule has 1 aliphatic carbocycles. The van der Waals surface area contributed by atoms with Crippen molar-refractivity contribution in [2.75, 3.05) is 13.1 Å². The van der Waals surface area contributed by atoms with Crippen molar-refractivity contribution < 1.29 is 32.3 Å². The van der Waals surface area contributed by atoms with E-state index in [2.05, 4.69) is 16.6 Å². The molecule has 0 unspecified atom stereocenters. The predicted octanol–water partition coefficient (Wildman–Crippen LogP) is 5.44. The largest absolute Gasteiger partial charge is 0.489 e. The number of carbonyl (C=O) groups excluding carboxylic acids is 3. The zero-order valence-corrected chi connectivity index (χ0v) is 28.0. The Balaban J connectivity index is 1.32. The first kappa shape index (κ1) is 34.0. The summed E-state index contributed by atoms with van der Waals surface area (Å²) in [6.07, 6.45) is 1.12. The summed E-state index contributed by atoms with van der Waals surface area (Å²) < 4.78 is 40.3. The number of carbonyl (C=O) groups is 3. The van der Waals surface area contributed by atoms with E-state index in [0.29, 0.717) is 10.8 Å². The van der Waals surface area contributed by atoms with Crippen molar-refractivity contribution >= 4 is 39.5 Å². The maximum atomic E-state index is 13.9. The van der Waals surface area contributed by atoms with Crippen LogP contribution >= 0.6 is 11.6 Å². The number of likely N-dealkylation sites (tertiary alicyclic amines) is 1. The summed E-state index contributed by atoms with van der Waals surface area (Å²) in [7, 11) is -4.34. The van der Waals surface area contributed by atoms with Crippen LogP contribution in [0.4, 0.5) is 4.79 Å². The molecule has 1 saturated carbocycles. The lowest BCUT2D eigenvalue weighted by molar-refractivity contribution is -0.131. The highest BCUT2D eigenvalue weighted by molar-refractivity contribution is 7.90. The second kappa shape index (κ2) is 13.4. The molecular formula is C35H38ClN3O7S. The SMILES string of the molecule is C=C[C@@H]1C[C@]1(NC(=O)[C@H]1CN(C(=O)OC(C)(C)C)C[C@@H]1c1ccc(Cl)cc1)C(=O)NS(=O)(=O)c1cccc(OCc2ccccc2)c1. The normalized spacial score (nSPS) is 22.2. The molecule has 0 aromatic heterocycles. The maximum absolute atomic E-state index is 13.9. The van der Waals surface area contributed by atoms with Gasteiger partial charge in [0.05, 0.1) is 10.8 Å². The first-order valence-corrected chi connectivity index (χ1v) is 17.1. The average molecular weight is 680 g/mol. The quantitative estimate of drug-likeness (QED) is 0.273. The van der Waals surface area contributed by atoms with E-state index < -0.39 is 56.8 Å². The molecular weight excluding hydrogens is 642 g/mol. The van der Waals surface area contributed by atoms with Crippen LogP contribution in [-0.4, -0.2) is 55.5 Å². The highest BCUT2D eigenvalue weighted by Gasteiger charge is 2.61. The molecule has 4 atom stereocenters. The van der Waals surface area contributed by atoms with Crippen molar-refractivity contribution in [2.45, 2.75) is 55.8 Å². The summed E-state index contributed by atoms with van der Waals surface area (Å²) in [4.78, 5) is 41.9. The van der Waals surface area contributed by atoms with Gasteiger partial charge in [-0.05, 0) is 62.6 Å². The molecule has 0 bridgehead atoms. The van der Waals surface area contributed by atoms with Gasteiger partial charge in [-0.25, -0.2) is 17.9 Å². The van der Waals surface area contributed by atoms with Crippen LogP contribution in [-0.2, 0) is 31.0 Å². The third kappa shape index (κ3) is 7.97. The van der Waals surface area contributed by atoms with Gasteiger partial charge in [-0.2, -0.15) is 0 Å². The standard InChI is InChI=1S/C35H38ClN3O7S/c1-5-25-19-35(25,32(41)38-47(43,44)28-13-9-12-27(18-28)45-22-23-10-7-6-8-11-23)37-31(40)30-21-39(33(42)46-34(2,3)4)20-29(30)24-14-16-26(36)17-15-24/h5-18,25,29-30H,1,19-22H2,2-4H3,(H,37,40)(H,38,41)/t25-,29-,30+,35-/m1/s1. The van der Waals surface area contributed by atoms with Gasteiger partial charge in [0.2, 0.25) is 5.91 Å². The van der Waals surface area contributed by atoms with Gasteiger partial charge in [-0.3, -0.25) is 9.59 Å². The van der Waals surface area contributed by atoms with Crippen LogP contribution in [0.2, 0.25) is 5.02 Å². The van der Waals surface area contributed by atoms with Gasteiger partial charge in [-0.15, -0.1) is 6.58 Å². The highest BCUT2D eigenvalue weighted by Crippen LogP contribution is 2.46. The van der Waals surface area contributed by atoms with Gasteiger partial charge in [0.25, 0.3) is 15.9 Å². The zero-order chi connectivity index (χ0) is 34.0. The van der Waals surface area contributed by atoms with Gasteiger partial charge in [0, 0.05) is 36.0 Å². The van der Waals surface area contributed by atoms with Crippen LogP contribution in [0.25, 0.3) is 0 Å². The van der Waals surface area contributed by atoms with Crippen molar-refractivity contribution in [1.29, 1.82) is 0 Å². The number of hydrogen-bond acceptors (Lipinski definition) is 7. The lowest BCUT2D eigenvalue weighted by Gasteiger charge is -2.24. The molecule has 2 aliphatic rings. The molecule has 0 spiro atoms. The zero-order valence-electron chi connectivity index (χ0n) is 26.4. The van der Waals surface area contributed by atoms with Crippen LogP contribution in [0.5, 0.6) is 5.75 Å². The number of hydrogen-bond donors (Lipinski definition) is 2. The van der Waals surface area contributed by atoms with E-state index >= 15 is 0 Å². The number of ether oxygens (including phenoxy) is 2. The number of halogens is 1. The Kier molecular flexibility index (Phi) is 9.70. The van der Waals surface area contributed by atoms with E-state index in [1.54, 1.807) is 51.1 Å². The van der Waals surface area contributed by atoms with Gasteiger partial charge in [0.15, 0.2) is 0 Å². The Labute approximate surface area is 280 Å². The van der Waals surface area contributed by atoms with Crippen molar-refractivity contribution in [3.8, 4) is 5.75 Å². The smallest absolute Gasteiger partial charge is 0.410 e. The molecule has 248 valence electrons. The van der Waals surface area contributed by atoms with Gasteiger partial charge in [-0.1, -0.05) is 66.2 Å². The van der Waals surface area contributed by atoms with Gasteiger partial charge in [0.1, 0.15) is 23.5 Å². The summed E-state index contributed by atoms with van der Waals surface area (Å²) >= 11 is 6.10. The van der Waals surface area contributed by atoms with E-state index in [1.807, 2.05) is 30.3 Å². The minimum Gasteiger partial charge on any atom is -0.489 e. The van der Waals surface area contributed by atoms with Crippen LogP contribution in [0.1, 0.15) is 44.2 Å². The minimum atomic E-state index is -4.34. The van der Waals surface area contributed by atoms with E-state index in [1.165, 1.54) is 29.2 Å². The summed E-state index contributed by atoms with van der Waals surface area (Å²) in [5, 5.41) is 3.36. The molecule has 3 aromatic rings. The summed E-state index contributed by atoms with van der Waals surface area (Å²) in [5.41, 5.74) is -0.575. The molecule has 12 heteroatoms. The second-order valence-electron chi connectivity index (χ2n) is 12.8. The van der Waals surface area contributed by atoms with Crippen molar-refractivity contribution in [2.24, 2.45) is 11.8 Å². The van der Waals surface area contributed by atoms with E-state index in [4.69, 9.17) is 21.1 Å². The second-order valence-corrected chi connectivity index (χ2v) is 15.0. The molecule has 3 aromatic carbocycles. The minimum absolute atomic E-state index is 0.0402.